The maximum atomic E-state index is 13.2. The van der Waals surface area contributed by atoms with Crippen molar-refractivity contribution >= 4 is 11.3 Å². The highest BCUT2D eigenvalue weighted by Gasteiger charge is 2.36. The molecule has 1 nitrogen and oxygen atoms in total. The second-order valence-corrected chi connectivity index (χ2v) is 8.22. The Bertz CT molecular complexity index is 735. The summed E-state index contributed by atoms with van der Waals surface area (Å²) in [5, 5.41) is 0. The molecule has 3 atom stereocenters. The van der Waals surface area contributed by atoms with E-state index in [1.807, 2.05) is 6.92 Å². The van der Waals surface area contributed by atoms with Gasteiger partial charge in [0.05, 0.1) is 11.7 Å². The molecule has 0 aliphatic carbocycles. The number of halogens is 3. The average Bonchev–Trinajstić information content (AvgIpc) is 3.00. The molecule has 2 heterocycles. The Labute approximate surface area is 150 Å². The van der Waals surface area contributed by atoms with Crippen molar-refractivity contribution in [2.45, 2.75) is 51.8 Å². The van der Waals surface area contributed by atoms with E-state index in [1.54, 1.807) is 17.4 Å². The van der Waals surface area contributed by atoms with Gasteiger partial charge in [0.15, 0.2) is 0 Å². The summed E-state index contributed by atoms with van der Waals surface area (Å²) < 4.78 is 45.5. The number of ether oxygens (including phenoxy) is 1. The fraction of sp³-hybridized carbons (Fsp3) is 0.500. The van der Waals surface area contributed by atoms with Gasteiger partial charge in [-0.05, 0) is 73.9 Å². The zero-order chi connectivity index (χ0) is 18.2. The lowest BCUT2D eigenvalue weighted by molar-refractivity contribution is -0.137. The summed E-state index contributed by atoms with van der Waals surface area (Å²) in [4.78, 5) is 2.54. The summed E-state index contributed by atoms with van der Waals surface area (Å²) in [5.74, 6) is 0.451. The number of benzene rings is 1. The SMILES string of the molecule is Cc1ccc(C(C)C2CCCOC2c2cc(C(F)(F)F)ccc2C)s1. The molecule has 0 radical (unpaired) electrons. The van der Waals surface area contributed by atoms with Crippen LogP contribution >= 0.6 is 11.3 Å². The van der Waals surface area contributed by atoms with Crippen LogP contribution in [0, 0.1) is 19.8 Å². The summed E-state index contributed by atoms with van der Waals surface area (Å²) >= 11 is 1.76. The second-order valence-electron chi connectivity index (χ2n) is 6.90. The van der Waals surface area contributed by atoms with Crippen LogP contribution in [-0.2, 0) is 10.9 Å². The zero-order valence-corrected chi connectivity index (χ0v) is 15.5. The monoisotopic (exact) mass is 368 g/mol. The van der Waals surface area contributed by atoms with Crippen molar-refractivity contribution in [1.29, 1.82) is 0 Å². The van der Waals surface area contributed by atoms with Crippen molar-refractivity contribution in [1.82, 2.24) is 0 Å². The third-order valence-electron chi connectivity index (χ3n) is 5.13. The molecule has 0 amide bonds. The molecule has 3 unspecified atom stereocenters. The quantitative estimate of drug-likeness (QED) is 0.589. The summed E-state index contributed by atoms with van der Waals surface area (Å²) in [6.07, 6.45) is -2.69. The lowest BCUT2D eigenvalue weighted by Gasteiger charge is -2.36. The van der Waals surface area contributed by atoms with Crippen molar-refractivity contribution in [3.05, 3.63) is 56.8 Å². The van der Waals surface area contributed by atoms with Gasteiger partial charge < -0.3 is 4.74 Å². The van der Waals surface area contributed by atoms with Gasteiger partial charge in [0, 0.05) is 16.4 Å². The highest BCUT2D eigenvalue weighted by Crippen LogP contribution is 2.45. The van der Waals surface area contributed by atoms with Crippen LogP contribution in [0.2, 0.25) is 0 Å². The largest absolute Gasteiger partial charge is 0.416 e. The van der Waals surface area contributed by atoms with Gasteiger partial charge in [-0.2, -0.15) is 13.2 Å². The Hall–Kier alpha value is -1.33. The Morgan fingerprint density at radius 1 is 1.16 bits per heavy atom. The van der Waals surface area contributed by atoms with Crippen molar-refractivity contribution in [2.75, 3.05) is 6.61 Å². The molecule has 3 rings (SSSR count). The minimum absolute atomic E-state index is 0.189. The van der Waals surface area contributed by atoms with E-state index in [2.05, 4.69) is 26.0 Å². The van der Waals surface area contributed by atoms with E-state index < -0.39 is 11.7 Å². The summed E-state index contributed by atoms with van der Waals surface area (Å²) in [6, 6.07) is 8.24. The molecule has 1 aromatic heterocycles. The molecule has 0 spiro atoms. The van der Waals surface area contributed by atoms with Crippen molar-refractivity contribution in [3.63, 3.8) is 0 Å². The number of rotatable bonds is 3. The van der Waals surface area contributed by atoms with Gasteiger partial charge in [-0.3, -0.25) is 0 Å². The fourth-order valence-corrected chi connectivity index (χ4v) is 4.67. The Morgan fingerprint density at radius 2 is 1.92 bits per heavy atom. The number of hydrogen-bond donors (Lipinski definition) is 0. The smallest absolute Gasteiger partial charge is 0.373 e. The zero-order valence-electron chi connectivity index (χ0n) is 14.7. The van der Waals surface area contributed by atoms with E-state index in [4.69, 9.17) is 4.74 Å². The van der Waals surface area contributed by atoms with Crippen molar-refractivity contribution in [2.24, 2.45) is 5.92 Å². The minimum atomic E-state index is -4.33. The van der Waals surface area contributed by atoms with Crippen LogP contribution in [0.25, 0.3) is 0 Å². The molecule has 0 N–H and O–H groups in total. The van der Waals surface area contributed by atoms with E-state index in [0.717, 1.165) is 24.5 Å². The molecule has 25 heavy (non-hydrogen) atoms. The summed E-state index contributed by atoms with van der Waals surface area (Å²) in [6.45, 7) is 6.71. The van der Waals surface area contributed by atoms with Crippen molar-refractivity contribution in [3.8, 4) is 0 Å². The molecular weight excluding hydrogens is 345 g/mol. The minimum Gasteiger partial charge on any atom is -0.373 e. The van der Waals surface area contributed by atoms with Gasteiger partial charge >= 0.3 is 6.18 Å². The molecule has 5 heteroatoms. The maximum Gasteiger partial charge on any atom is 0.416 e. The van der Waals surface area contributed by atoms with Crippen LogP contribution in [0.15, 0.2) is 30.3 Å². The van der Waals surface area contributed by atoms with Gasteiger partial charge in [0.2, 0.25) is 0 Å². The lowest BCUT2D eigenvalue weighted by Crippen LogP contribution is -2.27. The van der Waals surface area contributed by atoms with Crippen LogP contribution < -0.4 is 0 Å². The van der Waals surface area contributed by atoms with Crippen LogP contribution in [-0.4, -0.2) is 6.61 Å². The first-order chi connectivity index (χ1) is 11.8. The van der Waals surface area contributed by atoms with Gasteiger partial charge in [-0.1, -0.05) is 13.0 Å². The van der Waals surface area contributed by atoms with Gasteiger partial charge in [-0.25, -0.2) is 0 Å². The van der Waals surface area contributed by atoms with E-state index in [9.17, 15) is 13.2 Å². The molecule has 1 aliphatic heterocycles. The first-order valence-corrected chi connectivity index (χ1v) is 9.44. The second kappa shape index (κ2) is 7.12. The summed E-state index contributed by atoms with van der Waals surface area (Å²) in [5.41, 5.74) is 0.944. The molecule has 1 fully saturated rings. The van der Waals surface area contributed by atoms with E-state index >= 15 is 0 Å². The molecule has 0 bridgehead atoms. The first-order valence-electron chi connectivity index (χ1n) is 8.63. The third kappa shape index (κ3) is 3.93. The maximum absolute atomic E-state index is 13.2. The van der Waals surface area contributed by atoms with Crippen LogP contribution in [0.4, 0.5) is 13.2 Å². The molecule has 136 valence electrons. The van der Waals surface area contributed by atoms with E-state index in [0.29, 0.717) is 12.2 Å². The normalized spacial score (nSPS) is 22.8. The molecule has 1 aromatic carbocycles. The molecule has 2 aromatic rings. The Kier molecular flexibility index (Phi) is 5.26. The molecular formula is C20H23F3OS. The number of thiophene rings is 1. The van der Waals surface area contributed by atoms with Gasteiger partial charge in [-0.15, -0.1) is 11.3 Å². The number of alkyl halides is 3. The lowest BCUT2D eigenvalue weighted by atomic mass is 9.79. The first kappa shape index (κ1) is 18.5. The fourth-order valence-electron chi connectivity index (χ4n) is 3.67. The van der Waals surface area contributed by atoms with Crippen LogP contribution in [0.1, 0.15) is 58.2 Å². The van der Waals surface area contributed by atoms with E-state index in [-0.39, 0.29) is 17.9 Å². The third-order valence-corrected chi connectivity index (χ3v) is 6.33. The number of aryl methyl sites for hydroxylation is 2. The topological polar surface area (TPSA) is 9.23 Å². The van der Waals surface area contributed by atoms with E-state index in [1.165, 1.54) is 15.8 Å². The Balaban J connectivity index is 1.96. The number of hydrogen-bond acceptors (Lipinski definition) is 2. The molecule has 1 aliphatic rings. The highest BCUT2D eigenvalue weighted by molar-refractivity contribution is 7.12. The predicted octanol–water partition coefficient (Wildman–Crippen LogP) is 6.66. The van der Waals surface area contributed by atoms with Gasteiger partial charge in [0.25, 0.3) is 0 Å². The van der Waals surface area contributed by atoms with Crippen LogP contribution in [0.3, 0.4) is 0 Å². The summed E-state index contributed by atoms with van der Waals surface area (Å²) in [7, 11) is 0. The van der Waals surface area contributed by atoms with Gasteiger partial charge in [0.1, 0.15) is 0 Å². The standard InChI is InChI=1S/C20H23F3OS/c1-12-6-8-15(20(21,22)23)11-17(12)19-16(5-4-10-24-19)14(3)18-9-7-13(2)25-18/h6-9,11,14,16,19H,4-5,10H2,1-3H3. The molecule has 0 saturated carbocycles. The molecule has 1 saturated heterocycles. The Morgan fingerprint density at radius 3 is 2.56 bits per heavy atom. The predicted molar refractivity (Wildman–Crippen MR) is 95.1 cm³/mol. The van der Waals surface area contributed by atoms with Crippen LogP contribution in [0.5, 0.6) is 0 Å². The highest BCUT2D eigenvalue weighted by atomic mass is 32.1. The average molecular weight is 368 g/mol. The van der Waals surface area contributed by atoms with Crippen molar-refractivity contribution < 1.29 is 17.9 Å².